The van der Waals surface area contributed by atoms with Crippen LogP contribution in [-0.2, 0) is 4.74 Å². The highest BCUT2D eigenvalue weighted by Crippen LogP contribution is 2.29. The number of hydrogen-bond donors (Lipinski definition) is 1. The van der Waals surface area contributed by atoms with Crippen molar-refractivity contribution in [2.24, 2.45) is 11.7 Å². The molecule has 2 aromatic rings. The van der Waals surface area contributed by atoms with Crippen LogP contribution in [0.4, 0.5) is 8.78 Å². The van der Waals surface area contributed by atoms with Gasteiger partial charge in [0.2, 0.25) is 5.89 Å². The van der Waals surface area contributed by atoms with Gasteiger partial charge in [-0.25, -0.2) is 13.8 Å². The minimum absolute atomic E-state index is 0.0413. The lowest BCUT2D eigenvalue weighted by Gasteiger charge is -2.39. The highest BCUT2D eigenvalue weighted by atomic mass is 19.1. The minimum atomic E-state index is -0.787. The Morgan fingerprint density at radius 1 is 1.25 bits per heavy atom. The summed E-state index contributed by atoms with van der Waals surface area (Å²) in [5.41, 5.74) is 5.72. The average Bonchev–Trinajstić information content (AvgIpc) is 3.17. The molecule has 3 heterocycles. The predicted molar refractivity (Wildman–Crippen MR) is 97.4 cm³/mol. The summed E-state index contributed by atoms with van der Waals surface area (Å²) in [4.78, 5) is 18.6. The van der Waals surface area contributed by atoms with Gasteiger partial charge in [0.15, 0.2) is 5.69 Å². The maximum atomic E-state index is 13.9. The molecule has 1 aromatic carbocycles. The van der Waals surface area contributed by atoms with Crippen LogP contribution in [0, 0.1) is 17.6 Å². The van der Waals surface area contributed by atoms with Crippen LogP contribution in [0.1, 0.15) is 36.2 Å². The summed E-state index contributed by atoms with van der Waals surface area (Å²) < 4.78 is 38.9. The van der Waals surface area contributed by atoms with Gasteiger partial charge in [-0.3, -0.25) is 4.79 Å². The Morgan fingerprint density at radius 2 is 2.04 bits per heavy atom. The normalized spacial score (nSPS) is 25.7. The van der Waals surface area contributed by atoms with E-state index in [1.807, 2.05) is 0 Å². The largest absolute Gasteiger partial charge is 0.443 e. The molecular weight excluding hydrogens is 368 g/mol. The Balaban J connectivity index is 1.48. The summed E-state index contributed by atoms with van der Waals surface area (Å²) in [5, 5.41) is 0. The van der Waals surface area contributed by atoms with Crippen molar-refractivity contribution in [3.05, 3.63) is 41.8 Å². The standard InChI is InChI=1S/C20H23F2N3O3/c21-14-4-1-5-15(22)18(14)19-24-16(11-28-19)20(26)25-7-2-3-12(10-25)17-9-13(23)6-8-27-17/h1,4-5,11-13,17H,2-3,6-10,23H2. The second-order valence-electron chi connectivity index (χ2n) is 7.48. The second-order valence-corrected chi connectivity index (χ2v) is 7.48. The minimum Gasteiger partial charge on any atom is -0.443 e. The molecule has 2 aliphatic heterocycles. The number of amides is 1. The van der Waals surface area contributed by atoms with Crippen LogP contribution in [0.25, 0.3) is 11.5 Å². The van der Waals surface area contributed by atoms with Gasteiger partial charge in [0.1, 0.15) is 23.5 Å². The van der Waals surface area contributed by atoms with Crippen LogP contribution in [0.15, 0.2) is 28.9 Å². The fourth-order valence-corrected chi connectivity index (χ4v) is 4.03. The van der Waals surface area contributed by atoms with E-state index in [1.165, 1.54) is 6.07 Å². The lowest BCUT2D eigenvalue weighted by Crippen LogP contribution is -2.47. The van der Waals surface area contributed by atoms with Crippen molar-refractivity contribution in [2.45, 2.75) is 37.8 Å². The van der Waals surface area contributed by atoms with Gasteiger partial charge in [0.05, 0.1) is 6.10 Å². The summed E-state index contributed by atoms with van der Waals surface area (Å²) in [6.07, 6.45) is 4.71. The maximum absolute atomic E-state index is 13.9. The molecule has 3 atom stereocenters. The monoisotopic (exact) mass is 391 g/mol. The number of ether oxygens (including phenoxy) is 1. The van der Waals surface area contributed by atoms with Crippen molar-refractivity contribution in [3.63, 3.8) is 0 Å². The summed E-state index contributed by atoms with van der Waals surface area (Å²) in [6.45, 7) is 1.80. The van der Waals surface area contributed by atoms with Gasteiger partial charge in [-0.15, -0.1) is 0 Å². The van der Waals surface area contributed by atoms with Crippen LogP contribution in [0.2, 0.25) is 0 Å². The first-order valence-electron chi connectivity index (χ1n) is 9.59. The fourth-order valence-electron chi connectivity index (χ4n) is 4.03. The molecular formula is C20H23F2N3O3. The van der Waals surface area contributed by atoms with Crippen molar-refractivity contribution < 1.29 is 22.7 Å². The fraction of sp³-hybridized carbons (Fsp3) is 0.500. The molecule has 6 nitrogen and oxygen atoms in total. The summed E-state index contributed by atoms with van der Waals surface area (Å²) >= 11 is 0. The Kier molecular flexibility index (Phi) is 5.41. The van der Waals surface area contributed by atoms with Gasteiger partial charge in [-0.05, 0) is 37.8 Å². The molecule has 0 spiro atoms. The Bertz CT molecular complexity index is 837. The van der Waals surface area contributed by atoms with Crippen molar-refractivity contribution >= 4 is 5.91 Å². The molecule has 0 radical (unpaired) electrons. The van der Waals surface area contributed by atoms with Crippen LogP contribution >= 0.6 is 0 Å². The Labute approximate surface area is 161 Å². The van der Waals surface area contributed by atoms with Gasteiger partial charge >= 0.3 is 0 Å². The van der Waals surface area contributed by atoms with Crippen molar-refractivity contribution in [3.8, 4) is 11.5 Å². The summed E-state index contributed by atoms with van der Waals surface area (Å²) in [5.74, 6) is -1.90. The molecule has 2 fully saturated rings. The van der Waals surface area contributed by atoms with E-state index >= 15 is 0 Å². The Morgan fingerprint density at radius 3 is 2.79 bits per heavy atom. The molecule has 2 saturated heterocycles. The number of halogens is 2. The van der Waals surface area contributed by atoms with E-state index in [-0.39, 0.29) is 41.1 Å². The number of hydrogen-bond acceptors (Lipinski definition) is 5. The van der Waals surface area contributed by atoms with Crippen molar-refractivity contribution in [2.75, 3.05) is 19.7 Å². The van der Waals surface area contributed by atoms with Crippen molar-refractivity contribution in [1.29, 1.82) is 0 Å². The molecule has 4 rings (SSSR count). The topological polar surface area (TPSA) is 81.6 Å². The number of carbonyl (C=O) groups is 1. The van der Waals surface area contributed by atoms with E-state index in [0.29, 0.717) is 19.7 Å². The molecule has 0 aliphatic carbocycles. The van der Waals surface area contributed by atoms with E-state index in [9.17, 15) is 13.6 Å². The molecule has 150 valence electrons. The number of oxazole rings is 1. The maximum Gasteiger partial charge on any atom is 0.275 e. The van der Waals surface area contributed by atoms with E-state index in [0.717, 1.165) is 44.1 Å². The molecule has 0 saturated carbocycles. The zero-order chi connectivity index (χ0) is 19.7. The van der Waals surface area contributed by atoms with Gasteiger partial charge in [0, 0.05) is 31.7 Å². The van der Waals surface area contributed by atoms with Gasteiger partial charge < -0.3 is 19.8 Å². The third-order valence-corrected chi connectivity index (χ3v) is 5.53. The van der Waals surface area contributed by atoms with Crippen LogP contribution in [-0.4, -0.2) is 47.6 Å². The molecule has 8 heteroatoms. The number of likely N-dealkylation sites (tertiary alicyclic amines) is 1. The molecule has 2 aliphatic rings. The summed E-state index contributed by atoms with van der Waals surface area (Å²) in [7, 11) is 0. The van der Waals surface area contributed by atoms with Gasteiger partial charge in [0.25, 0.3) is 5.91 Å². The van der Waals surface area contributed by atoms with E-state index in [2.05, 4.69) is 4.98 Å². The average molecular weight is 391 g/mol. The van der Waals surface area contributed by atoms with Gasteiger partial charge in [-0.1, -0.05) is 6.07 Å². The van der Waals surface area contributed by atoms with Crippen LogP contribution < -0.4 is 5.73 Å². The smallest absolute Gasteiger partial charge is 0.275 e. The molecule has 1 amide bonds. The third-order valence-electron chi connectivity index (χ3n) is 5.53. The predicted octanol–water partition coefficient (Wildman–Crippen LogP) is 2.98. The first-order chi connectivity index (χ1) is 13.5. The van der Waals surface area contributed by atoms with Crippen LogP contribution in [0.5, 0.6) is 0 Å². The lowest BCUT2D eigenvalue weighted by atomic mass is 9.87. The summed E-state index contributed by atoms with van der Waals surface area (Å²) in [6, 6.07) is 3.64. The van der Waals surface area contributed by atoms with E-state index in [4.69, 9.17) is 14.9 Å². The molecule has 28 heavy (non-hydrogen) atoms. The molecule has 0 bridgehead atoms. The zero-order valence-corrected chi connectivity index (χ0v) is 15.4. The number of nitrogens with two attached hydrogens (primary N) is 1. The Hall–Kier alpha value is -2.32. The second kappa shape index (κ2) is 7.97. The van der Waals surface area contributed by atoms with Crippen molar-refractivity contribution in [1.82, 2.24) is 9.88 Å². The molecule has 2 N–H and O–H groups in total. The van der Waals surface area contributed by atoms with E-state index < -0.39 is 11.6 Å². The lowest BCUT2D eigenvalue weighted by molar-refractivity contribution is -0.0440. The number of piperidine rings is 1. The zero-order valence-electron chi connectivity index (χ0n) is 15.4. The number of aromatic nitrogens is 1. The quantitative estimate of drug-likeness (QED) is 0.870. The first-order valence-corrected chi connectivity index (χ1v) is 9.59. The van der Waals surface area contributed by atoms with Gasteiger partial charge in [-0.2, -0.15) is 0 Å². The highest BCUT2D eigenvalue weighted by molar-refractivity contribution is 5.92. The number of rotatable bonds is 3. The SMILES string of the molecule is NC1CCOC(C2CCCN(C(=O)c3coc(-c4c(F)cccc4F)n3)C2)C1. The third kappa shape index (κ3) is 3.79. The number of carbonyl (C=O) groups excluding carboxylic acids is 1. The number of benzene rings is 1. The van der Waals surface area contributed by atoms with E-state index in [1.54, 1.807) is 4.90 Å². The molecule has 3 unspecified atom stereocenters. The van der Waals surface area contributed by atoms with Crippen LogP contribution in [0.3, 0.4) is 0 Å². The number of nitrogens with zero attached hydrogens (tertiary/aromatic N) is 2. The first kappa shape index (κ1) is 19.0. The highest BCUT2D eigenvalue weighted by Gasteiger charge is 2.34. The molecule has 1 aromatic heterocycles.